The number of nitrogens with one attached hydrogen (secondary N) is 1. The van der Waals surface area contributed by atoms with E-state index in [0.29, 0.717) is 28.3 Å². The lowest BCUT2D eigenvalue weighted by atomic mass is 10.1. The minimum absolute atomic E-state index is 0.230. The molecule has 2 rings (SSSR count). The van der Waals surface area contributed by atoms with Crippen molar-refractivity contribution in [2.75, 3.05) is 5.73 Å². The van der Waals surface area contributed by atoms with Gasteiger partial charge in [-0.05, 0) is 18.6 Å². The van der Waals surface area contributed by atoms with Crippen molar-refractivity contribution in [3.8, 4) is 0 Å². The minimum Gasteiger partial charge on any atom is -0.398 e. The van der Waals surface area contributed by atoms with Gasteiger partial charge < -0.3 is 5.73 Å². The Labute approximate surface area is 114 Å². The highest BCUT2D eigenvalue weighted by molar-refractivity contribution is 6.31. The van der Waals surface area contributed by atoms with Gasteiger partial charge in [0.1, 0.15) is 0 Å². The molecule has 0 fully saturated rings. The second-order valence-electron chi connectivity index (χ2n) is 4.20. The maximum absolute atomic E-state index is 11.8. The molecule has 6 heteroatoms. The number of hydrogen-bond donors (Lipinski definition) is 2. The molecule has 0 bridgehead atoms. The summed E-state index contributed by atoms with van der Waals surface area (Å²) in [6.45, 7) is 2.08. The van der Waals surface area contributed by atoms with Crippen molar-refractivity contribution in [2.45, 2.75) is 19.9 Å². The maximum Gasteiger partial charge on any atom is 0.328 e. The van der Waals surface area contributed by atoms with Crippen LogP contribution in [0.25, 0.3) is 0 Å². The highest BCUT2D eigenvalue weighted by atomic mass is 35.5. The van der Waals surface area contributed by atoms with Crippen molar-refractivity contribution in [2.24, 2.45) is 0 Å². The molecule has 0 unspecified atom stereocenters. The Morgan fingerprint density at radius 1 is 1.37 bits per heavy atom. The summed E-state index contributed by atoms with van der Waals surface area (Å²) in [6.07, 6.45) is 2.09. The zero-order valence-corrected chi connectivity index (χ0v) is 11.2. The number of nitrogens with zero attached hydrogens (tertiary/aromatic N) is 1. The fourth-order valence-electron chi connectivity index (χ4n) is 1.84. The van der Waals surface area contributed by atoms with E-state index in [2.05, 4.69) is 4.98 Å². The number of hydrogen-bond acceptors (Lipinski definition) is 3. The fraction of sp³-hybridized carbons (Fsp3) is 0.231. The van der Waals surface area contributed by atoms with E-state index in [1.165, 1.54) is 4.57 Å². The fourth-order valence-corrected chi connectivity index (χ4v) is 2.08. The van der Waals surface area contributed by atoms with Gasteiger partial charge in [0.25, 0.3) is 5.56 Å². The van der Waals surface area contributed by atoms with Crippen molar-refractivity contribution >= 4 is 17.3 Å². The molecule has 3 N–H and O–H groups in total. The topological polar surface area (TPSA) is 80.9 Å². The number of aromatic amines is 1. The summed E-state index contributed by atoms with van der Waals surface area (Å²) in [4.78, 5) is 25.5. The van der Waals surface area contributed by atoms with Gasteiger partial charge in [-0.1, -0.05) is 24.6 Å². The van der Waals surface area contributed by atoms with Crippen LogP contribution in [0.15, 0.2) is 34.0 Å². The number of nitrogen functional groups attached to an aromatic ring is 1. The number of halogens is 1. The molecule has 5 nitrogen and oxygen atoms in total. The molecule has 0 aliphatic heterocycles. The first-order valence-corrected chi connectivity index (χ1v) is 6.26. The number of aromatic nitrogens is 2. The lowest BCUT2D eigenvalue weighted by molar-refractivity contribution is 0.709. The van der Waals surface area contributed by atoms with Crippen LogP contribution >= 0.6 is 11.6 Å². The van der Waals surface area contributed by atoms with Crippen LogP contribution in [0.1, 0.15) is 18.1 Å². The molecule has 1 heterocycles. The van der Waals surface area contributed by atoms with Gasteiger partial charge in [0.2, 0.25) is 0 Å². The molecule has 0 atom stereocenters. The van der Waals surface area contributed by atoms with E-state index in [1.54, 1.807) is 24.4 Å². The molecular formula is C13H14ClN3O2. The predicted molar refractivity (Wildman–Crippen MR) is 75.7 cm³/mol. The SMILES string of the molecule is CCc1cn(Cc2c(N)cccc2Cl)c(=O)[nH]c1=O. The van der Waals surface area contributed by atoms with Crippen LogP contribution in [-0.4, -0.2) is 9.55 Å². The first-order valence-electron chi connectivity index (χ1n) is 5.88. The largest absolute Gasteiger partial charge is 0.398 e. The van der Waals surface area contributed by atoms with Crippen LogP contribution in [0.4, 0.5) is 5.69 Å². The molecular weight excluding hydrogens is 266 g/mol. The third kappa shape index (κ3) is 2.71. The van der Waals surface area contributed by atoms with Gasteiger partial charge in [-0.2, -0.15) is 0 Å². The van der Waals surface area contributed by atoms with Crippen LogP contribution in [-0.2, 0) is 13.0 Å². The Bertz CT molecular complexity index is 698. The normalized spacial score (nSPS) is 10.6. The van der Waals surface area contributed by atoms with Crippen LogP contribution < -0.4 is 17.0 Å². The van der Waals surface area contributed by atoms with E-state index in [0.717, 1.165) is 0 Å². The van der Waals surface area contributed by atoms with E-state index < -0.39 is 5.69 Å². The molecule has 19 heavy (non-hydrogen) atoms. The van der Waals surface area contributed by atoms with E-state index in [9.17, 15) is 9.59 Å². The summed E-state index contributed by atoms with van der Waals surface area (Å²) in [5.74, 6) is 0. The Morgan fingerprint density at radius 3 is 2.74 bits per heavy atom. The molecule has 0 aliphatic rings. The molecule has 1 aromatic carbocycles. The van der Waals surface area contributed by atoms with Crippen molar-refractivity contribution < 1.29 is 0 Å². The molecule has 2 aromatic rings. The quantitative estimate of drug-likeness (QED) is 0.833. The second kappa shape index (κ2) is 5.32. The smallest absolute Gasteiger partial charge is 0.328 e. The van der Waals surface area contributed by atoms with Gasteiger partial charge in [-0.25, -0.2) is 4.79 Å². The van der Waals surface area contributed by atoms with Crippen LogP contribution in [0, 0.1) is 0 Å². The van der Waals surface area contributed by atoms with Crippen molar-refractivity contribution in [3.05, 3.63) is 61.4 Å². The zero-order chi connectivity index (χ0) is 14.0. The molecule has 0 aliphatic carbocycles. The molecule has 0 radical (unpaired) electrons. The van der Waals surface area contributed by atoms with Crippen LogP contribution in [0.3, 0.4) is 0 Å². The standard InChI is InChI=1S/C13H14ClN3O2/c1-2-8-6-17(13(19)16-12(8)18)7-9-10(14)4-3-5-11(9)15/h3-6H,2,7,15H2,1H3,(H,16,18,19). The van der Waals surface area contributed by atoms with Crippen LogP contribution in [0.5, 0.6) is 0 Å². The minimum atomic E-state index is -0.471. The van der Waals surface area contributed by atoms with Gasteiger partial charge in [0.15, 0.2) is 0 Å². The lowest BCUT2D eigenvalue weighted by Gasteiger charge is -2.10. The summed E-state index contributed by atoms with van der Waals surface area (Å²) in [7, 11) is 0. The van der Waals surface area contributed by atoms with E-state index >= 15 is 0 Å². The predicted octanol–water partition coefficient (Wildman–Crippen LogP) is 1.38. The first kappa shape index (κ1) is 13.4. The molecule has 0 saturated carbocycles. The summed E-state index contributed by atoms with van der Waals surface area (Å²) in [5, 5.41) is 0.496. The average molecular weight is 280 g/mol. The van der Waals surface area contributed by atoms with E-state index in [1.807, 2.05) is 6.92 Å². The second-order valence-corrected chi connectivity index (χ2v) is 4.61. The highest BCUT2D eigenvalue weighted by Crippen LogP contribution is 2.22. The van der Waals surface area contributed by atoms with Gasteiger partial charge in [-0.3, -0.25) is 14.3 Å². The number of anilines is 1. The summed E-state index contributed by atoms with van der Waals surface area (Å²) in [5.41, 5.74) is 6.76. The Morgan fingerprint density at radius 2 is 2.11 bits per heavy atom. The van der Waals surface area contributed by atoms with Crippen LogP contribution in [0.2, 0.25) is 5.02 Å². The van der Waals surface area contributed by atoms with Gasteiger partial charge in [0, 0.05) is 28.0 Å². The monoisotopic (exact) mass is 279 g/mol. The third-order valence-electron chi connectivity index (χ3n) is 2.95. The molecule has 0 amide bonds. The Hall–Kier alpha value is -2.01. The zero-order valence-electron chi connectivity index (χ0n) is 10.4. The van der Waals surface area contributed by atoms with Gasteiger partial charge in [-0.15, -0.1) is 0 Å². The van der Waals surface area contributed by atoms with Gasteiger partial charge >= 0.3 is 5.69 Å². The average Bonchev–Trinajstić information content (AvgIpc) is 2.36. The van der Waals surface area contributed by atoms with Gasteiger partial charge in [0.05, 0.1) is 6.54 Å². The number of H-pyrrole nitrogens is 1. The van der Waals surface area contributed by atoms with Crippen molar-refractivity contribution in [1.82, 2.24) is 9.55 Å². The Kier molecular flexibility index (Phi) is 3.76. The van der Waals surface area contributed by atoms with E-state index in [-0.39, 0.29) is 12.1 Å². The summed E-state index contributed by atoms with van der Waals surface area (Å²) in [6, 6.07) is 5.18. The molecule has 1 aromatic heterocycles. The Balaban J connectivity index is 2.50. The number of nitrogens with two attached hydrogens (primary N) is 1. The van der Waals surface area contributed by atoms with Crippen molar-refractivity contribution in [3.63, 3.8) is 0 Å². The summed E-state index contributed by atoms with van der Waals surface area (Å²) >= 11 is 6.07. The molecule has 0 saturated heterocycles. The third-order valence-corrected chi connectivity index (χ3v) is 3.30. The number of rotatable bonds is 3. The summed E-state index contributed by atoms with van der Waals surface area (Å²) < 4.78 is 1.40. The highest BCUT2D eigenvalue weighted by Gasteiger charge is 2.08. The first-order chi connectivity index (χ1) is 9.02. The van der Waals surface area contributed by atoms with Crippen molar-refractivity contribution in [1.29, 1.82) is 0 Å². The maximum atomic E-state index is 11.8. The molecule has 0 spiro atoms. The number of aryl methyl sites for hydroxylation is 1. The van der Waals surface area contributed by atoms with E-state index in [4.69, 9.17) is 17.3 Å². The molecule has 100 valence electrons. The number of benzene rings is 1. The lowest BCUT2D eigenvalue weighted by Crippen LogP contribution is -2.32.